The third kappa shape index (κ3) is 4.77. The number of thiophene rings is 1. The van der Waals surface area contributed by atoms with E-state index in [9.17, 15) is 0 Å². The Morgan fingerprint density at radius 1 is 0.441 bits per heavy atom. The Hall–Kier alpha value is -7.60. The number of nitrogens with zero attached hydrogens (tertiary/aromatic N) is 3. The van der Waals surface area contributed by atoms with Gasteiger partial charge in [-0.2, -0.15) is 0 Å². The zero-order valence-electron chi connectivity index (χ0n) is 31.6. The normalized spacial score (nSPS) is 12.1. The highest BCUT2D eigenvalue weighted by Crippen LogP contribution is 2.45. The molecule has 0 saturated carbocycles. The van der Waals surface area contributed by atoms with Gasteiger partial charge in [0.2, 0.25) is 0 Å². The lowest BCUT2D eigenvalue weighted by Gasteiger charge is -2.10. The van der Waals surface area contributed by atoms with Gasteiger partial charge in [0.15, 0.2) is 11.4 Å². The number of para-hydroxylation sites is 1. The second-order valence-corrected chi connectivity index (χ2v) is 16.3. The molecule has 0 aliphatic carbocycles. The van der Waals surface area contributed by atoms with Crippen LogP contribution in [0.1, 0.15) is 0 Å². The smallest absolute Gasteiger partial charge is 0.161 e. The van der Waals surface area contributed by atoms with E-state index in [1.807, 2.05) is 0 Å². The van der Waals surface area contributed by atoms with Crippen molar-refractivity contribution in [3.05, 3.63) is 188 Å². The number of hydrogen-bond acceptors (Lipinski definition) is 4. The molecule has 4 heterocycles. The first-order valence-electron chi connectivity index (χ1n) is 19.9. The van der Waals surface area contributed by atoms with Crippen LogP contribution in [0, 0.1) is 0 Å². The molecule has 0 saturated heterocycles. The molecule has 0 atom stereocenters. The second-order valence-electron chi connectivity index (χ2n) is 15.2. The minimum absolute atomic E-state index is 0.677. The summed E-state index contributed by atoms with van der Waals surface area (Å²) in [7, 11) is 0. The largest absolute Gasteiger partial charge is 0.454 e. The van der Waals surface area contributed by atoms with Gasteiger partial charge in [0, 0.05) is 42.8 Å². The number of aromatic nitrogens is 3. The lowest BCUT2D eigenvalue weighted by molar-refractivity contribution is 0.666. The van der Waals surface area contributed by atoms with Gasteiger partial charge >= 0.3 is 0 Å². The highest BCUT2D eigenvalue weighted by Gasteiger charge is 2.23. The number of furan rings is 1. The molecule has 4 aromatic heterocycles. The van der Waals surface area contributed by atoms with Crippen LogP contribution in [0.2, 0.25) is 0 Å². The van der Waals surface area contributed by atoms with Crippen LogP contribution in [-0.4, -0.2) is 14.5 Å². The van der Waals surface area contributed by atoms with Crippen molar-refractivity contribution in [2.45, 2.75) is 0 Å². The Bertz CT molecular complexity index is 3740. The fraction of sp³-hybridized carbons (Fsp3) is 0. The predicted molar refractivity (Wildman–Crippen MR) is 248 cm³/mol. The Balaban J connectivity index is 1.07. The zero-order chi connectivity index (χ0) is 38.6. The number of benzene rings is 9. The summed E-state index contributed by atoms with van der Waals surface area (Å²) >= 11 is 1.75. The number of rotatable bonds is 4. The van der Waals surface area contributed by atoms with Crippen LogP contribution < -0.4 is 0 Å². The first kappa shape index (κ1) is 32.5. The summed E-state index contributed by atoms with van der Waals surface area (Å²) in [5.41, 5.74) is 11.2. The van der Waals surface area contributed by atoms with E-state index in [0.29, 0.717) is 5.82 Å². The van der Waals surface area contributed by atoms with Crippen LogP contribution >= 0.6 is 11.3 Å². The number of hydrogen-bond donors (Lipinski definition) is 0. The first-order chi connectivity index (χ1) is 29.3. The molecule has 0 fully saturated rings. The molecular weight excluding hydrogens is 739 g/mol. The van der Waals surface area contributed by atoms with Crippen molar-refractivity contribution >= 4 is 96.9 Å². The third-order valence-electron chi connectivity index (χ3n) is 12.0. The maximum absolute atomic E-state index is 6.98. The topological polar surface area (TPSA) is 43.9 Å². The van der Waals surface area contributed by atoms with Crippen molar-refractivity contribution in [2.24, 2.45) is 0 Å². The molecule has 274 valence electrons. The molecule has 0 spiro atoms. The average molecular weight is 770 g/mol. The van der Waals surface area contributed by atoms with Crippen molar-refractivity contribution in [1.29, 1.82) is 0 Å². The van der Waals surface area contributed by atoms with E-state index in [-0.39, 0.29) is 0 Å². The van der Waals surface area contributed by atoms with Gasteiger partial charge in [-0.1, -0.05) is 158 Å². The summed E-state index contributed by atoms with van der Waals surface area (Å²) in [6, 6.07) is 67.0. The van der Waals surface area contributed by atoms with Crippen molar-refractivity contribution < 1.29 is 4.42 Å². The van der Waals surface area contributed by atoms with E-state index in [1.54, 1.807) is 11.3 Å². The SMILES string of the molecule is c1ccc(-c2ccc(-c3nc(-c4cccc5oc6c(-n7c8ccc9ccccc9c8c8c9ccccc9ccc87)cccc6c45)nc4c3sc3ccccc34)cc2)cc1. The van der Waals surface area contributed by atoms with E-state index in [4.69, 9.17) is 14.4 Å². The number of fused-ring (bicyclic) bond motifs is 13. The summed E-state index contributed by atoms with van der Waals surface area (Å²) in [6.45, 7) is 0. The quantitative estimate of drug-likeness (QED) is 0.179. The summed E-state index contributed by atoms with van der Waals surface area (Å²) in [4.78, 5) is 10.8. The van der Waals surface area contributed by atoms with Gasteiger partial charge in [-0.15, -0.1) is 11.3 Å². The van der Waals surface area contributed by atoms with E-state index >= 15 is 0 Å². The van der Waals surface area contributed by atoms with E-state index < -0.39 is 0 Å². The predicted octanol–water partition coefficient (Wildman–Crippen LogP) is 15.1. The van der Waals surface area contributed by atoms with Gasteiger partial charge in [0.05, 0.1) is 32.6 Å². The van der Waals surface area contributed by atoms with Crippen molar-refractivity contribution in [1.82, 2.24) is 14.5 Å². The van der Waals surface area contributed by atoms with E-state index in [2.05, 4.69) is 193 Å². The Labute approximate surface area is 341 Å². The fourth-order valence-corrected chi connectivity index (χ4v) is 10.5. The van der Waals surface area contributed by atoms with E-state index in [1.165, 1.54) is 48.1 Å². The molecule has 0 unspecified atom stereocenters. The fourth-order valence-electron chi connectivity index (χ4n) is 9.36. The summed E-state index contributed by atoms with van der Waals surface area (Å²) < 4.78 is 11.7. The van der Waals surface area contributed by atoms with Crippen molar-refractivity contribution in [3.63, 3.8) is 0 Å². The molecular formula is C54H31N3OS. The van der Waals surface area contributed by atoms with Crippen molar-refractivity contribution in [3.8, 4) is 39.5 Å². The third-order valence-corrected chi connectivity index (χ3v) is 13.2. The molecule has 0 bridgehead atoms. The highest BCUT2D eigenvalue weighted by molar-refractivity contribution is 7.26. The standard InChI is InChI=1S/C54H31N3OS/c1-2-12-32(13-3-1)33-24-26-36(27-25-33)50-53-51(39-18-8-9-23-46(39)59-53)56-54(55-50)41-20-11-22-45-47(41)40-19-10-21-44(52(40)58-45)57-42-30-28-34-14-4-6-16-37(34)48(42)49-38-17-7-5-15-35(38)29-31-43(49)57/h1-31H. The monoisotopic (exact) mass is 769 g/mol. The highest BCUT2D eigenvalue weighted by atomic mass is 32.1. The van der Waals surface area contributed by atoms with Crippen molar-refractivity contribution in [2.75, 3.05) is 0 Å². The molecule has 59 heavy (non-hydrogen) atoms. The lowest BCUT2D eigenvalue weighted by atomic mass is 10.00. The minimum Gasteiger partial charge on any atom is -0.454 e. The van der Waals surface area contributed by atoms with Gasteiger partial charge in [-0.25, -0.2) is 9.97 Å². The summed E-state index contributed by atoms with van der Waals surface area (Å²) in [5, 5.41) is 10.6. The molecule has 0 aliphatic heterocycles. The molecule has 5 heteroatoms. The van der Waals surface area contributed by atoms with Crippen LogP contribution in [0.5, 0.6) is 0 Å². The van der Waals surface area contributed by atoms with Crippen LogP contribution in [0.4, 0.5) is 0 Å². The van der Waals surface area contributed by atoms with E-state index in [0.717, 1.165) is 71.1 Å². The van der Waals surface area contributed by atoms with Crippen LogP contribution in [0.3, 0.4) is 0 Å². The molecule has 0 radical (unpaired) electrons. The van der Waals surface area contributed by atoms with Gasteiger partial charge in [-0.05, 0) is 63.0 Å². The molecule has 0 amide bonds. The van der Waals surface area contributed by atoms with Crippen LogP contribution in [0.25, 0.3) is 125 Å². The first-order valence-corrected chi connectivity index (χ1v) is 20.7. The van der Waals surface area contributed by atoms with Crippen LogP contribution in [-0.2, 0) is 0 Å². The molecule has 13 rings (SSSR count). The Kier molecular flexibility index (Phi) is 6.85. The van der Waals surface area contributed by atoms with Gasteiger partial charge < -0.3 is 8.98 Å². The molecule has 4 nitrogen and oxygen atoms in total. The summed E-state index contributed by atoms with van der Waals surface area (Å²) in [6.07, 6.45) is 0. The lowest BCUT2D eigenvalue weighted by Crippen LogP contribution is -1.95. The summed E-state index contributed by atoms with van der Waals surface area (Å²) in [5.74, 6) is 0.677. The Morgan fingerprint density at radius 2 is 1.05 bits per heavy atom. The maximum atomic E-state index is 6.98. The second kappa shape index (κ2) is 12.4. The van der Waals surface area contributed by atoms with Crippen LogP contribution in [0.15, 0.2) is 192 Å². The zero-order valence-corrected chi connectivity index (χ0v) is 32.4. The van der Waals surface area contributed by atoms with Gasteiger partial charge in [0.1, 0.15) is 5.58 Å². The Morgan fingerprint density at radius 3 is 1.80 bits per heavy atom. The van der Waals surface area contributed by atoms with Gasteiger partial charge in [-0.3, -0.25) is 0 Å². The average Bonchev–Trinajstić information content (AvgIpc) is 3.99. The molecule has 0 N–H and O–H groups in total. The molecule has 13 aromatic rings. The molecule has 0 aliphatic rings. The maximum Gasteiger partial charge on any atom is 0.161 e. The van der Waals surface area contributed by atoms with Gasteiger partial charge in [0.25, 0.3) is 0 Å². The minimum atomic E-state index is 0.677. The molecule has 9 aromatic carbocycles.